The molecule has 1 aliphatic rings. The van der Waals surface area contributed by atoms with Crippen LogP contribution in [0, 0.1) is 0 Å². The smallest absolute Gasteiger partial charge is 0.147 e. The molecule has 1 aliphatic heterocycles. The van der Waals surface area contributed by atoms with Crippen molar-refractivity contribution in [2.45, 2.75) is 26.1 Å². The number of nitrogens with zero attached hydrogens (tertiary/aromatic N) is 4. The van der Waals surface area contributed by atoms with E-state index in [1.165, 1.54) is 5.56 Å². The van der Waals surface area contributed by atoms with Crippen LogP contribution in [0.15, 0.2) is 36.7 Å². The lowest BCUT2D eigenvalue weighted by molar-refractivity contribution is 0.150. The largest absolute Gasteiger partial charge is 0.315 e. The molecule has 2 aromatic rings. The van der Waals surface area contributed by atoms with Crippen molar-refractivity contribution in [2.75, 3.05) is 19.6 Å². The molecule has 0 amide bonds. The molecule has 1 N–H and O–H groups in total. The van der Waals surface area contributed by atoms with Crippen LogP contribution in [0.25, 0.3) is 0 Å². The van der Waals surface area contributed by atoms with Crippen LogP contribution in [-0.4, -0.2) is 39.3 Å². The van der Waals surface area contributed by atoms with Gasteiger partial charge in [-0.3, -0.25) is 4.90 Å². The molecule has 106 valence electrons. The summed E-state index contributed by atoms with van der Waals surface area (Å²) in [5.74, 6) is 1.06. The van der Waals surface area contributed by atoms with Gasteiger partial charge in [0.1, 0.15) is 12.2 Å². The number of rotatable bonds is 5. The van der Waals surface area contributed by atoms with E-state index in [4.69, 9.17) is 0 Å². The Balaban J connectivity index is 1.80. The van der Waals surface area contributed by atoms with E-state index in [9.17, 15) is 0 Å². The van der Waals surface area contributed by atoms with Crippen LogP contribution in [0.3, 0.4) is 0 Å². The van der Waals surface area contributed by atoms with Crippen molar-refractivity contribution in [3.63, 3.8) is 0 Å². The Bertz CT molecular complexity index is 536. The van der Waals surface area contributed by atoms with E-state index in [0.717, 1.165) is 38.5 Å². The van der Waals surface area contributed by atoms with Gasteiger partial charge in [-0.1, -0.05) is 37.3 Å². The summed E-state index contributed by atoms with van der Waals surface area (Å²) in [4.78, 5) is 2.49. The van der Waals surface area contributed by atoms with E-state index in [-0.39, 0.29) is 0 Å². The maximum atomic E-state index is 4.21. The van der Waals surface area contributed by atoms with Gasteiger partial charge in [-0.25, -0.2) is 0 Å². The Hall–Kier alpha value is -1.72. The van der Waals surface area contributed by atoms with Gasteiger partial charge in [-0.05, 0) is 12.1 Å². The Labute approximate surface area is 119 Å². The second-order valence-corrected chi connectivity index (χ2v) is 5.15. The van der Waals surface area contributed by atoms with Gasteiger partial charge < -0.3 is 9.88 Å². The van der Waals surface area contributed by atoms with Gasteiger partial charge in [0.15, 0.2) is 0 Å². The molecule has 0 fully saturated rings. The van der Waals surface area contributed by atoms with Crippen LogP contribution in [-0.2, 0) is 13.1 Å². The molecule has 0 bridgehead atoms. The average Bonchev–Trinajstić information content (AvgIpc) is 2.96. The summed E-state index contributed by atoms with van der Waals surface area (Å²) < 4.78 is 2.14. The van der Waals surface area contributed by atoms with E-state index in [0.29, 0.717) is 6.04 Å². The van der Waals surface area contributed by atoms with Crippen molar-refractivity contribution >= 4 is 0 Å². The molecule has 1 aromatic heterocycles. The number of hydrogen-bond donors (Lipinski definition) is 1. The average molecular weight is 271 g/mol. The first-order valence-corrected chi connectivity index (χ1v) is 7.25. The number of benzene rings is 1. The van der Waals surface area contributed by atoms with Crippen molar-refractivity contribution in [3.05, 3.63) is 48.0 Å². The summed E-state index contributed by atoms with van der Waals surface area (Å²) in [6.07, 6.45) is 1.83. The molecule has 2 heterocycles. The third-order valence-corrected chi connectivity index (χ3v) is 3.88. The van der Waals surface area contributed by atoms with Crippen molar-refractivity contribution < 1.29 is 0 Å². The van der Waals surface area contributed by atoms with Crippen LogP contribution in [0.2, 0.25) is 0 Å². The van der Waals surface area contributed by atoms with E-state index in [1.807, 2.05) is 6.33 Å². The minimum atomic E-state index is 0.390. The Kier molecular flexibility index (Phi) is 4.08. The summed E-state index contributed by atoms with van der Waals surface area (Å²) >= 11 is 0. The van der Waals surface area contributed by atoms with Crippen LogP contribution in [0.5, 0.6) is 0 Å². The third kappa shape index (κ3) is 2.73. The van der Waals surface area contributed by atoms with Crippen LogP contribution in [0.4, 0.5) is 0 Å². The van der Waals surface area contributed by atoms with Gasteiger partial charge in [0.25, 0.3) is 0 Å². The normalized spacial score (nSPS) is 16.9. The van der Waals surface area contributed by atoms with Gasteiger partial charge in [0, 0.05) is 25.7 Å². The molecule has 0 saturated carbocycles. The summed E-state index contributed by atoms with van der Waals surface area (Å²) in [6, 6.07) is 11.1. The first-order valence-electron chi connectivity index (χ1n) is 7.25. The number of likely N-dealkylation sites (N-methyl/N-ethyl adjacent to an activating group) is 1. The maximum absolute atomic E-state index is 4.21. The molecule has 0 radical (unpaired) electrons. The minimum absolute atomic E-state index is 0.390. The highest BCUT2D eigenvalue weighted by Gasteiger charge is 2.25. The number of nitrogens with one attached hydrogen (secondary N) is 1. The third-order valence-electron chi connectivity index (χ3n) is 3.88. The van der Waals surface area contributed by atoms with Crippen molar-refractivity contribution in [1.82, 2.24) is 25.0 Å². The van der Waals surface area contributed by atoms with E-state index < -0.39 is 0 Å². The standard InChI is InChI=1S/C15H21N5/c1-2-16-10-14(13-6-4-3-5-7-13)19-8-9-20-12-17-18-15(20)11-19/h3-7,12,14,16H,2,8-11H2,1H3. The molecule has 1 unspecified atom stereocenters. The zero-order chi connectivity index (χ0) is 13.8. The molecule has 1 aromatic carbocycles. The van der Waals surface area contributed by atoms with Gasteiger partial charge in [-0.15, -0.1) is 10.2 Å². The lowest BCUT2D eigenvalue weighted by Crippen LogP contribution is -2.40. The predicted molar refractivity (Wildman–Crippen MR) is 78.2 cm³/mol. The summed E-state index contributed by atoms with van der Waals surface area (Å²) in [5.41, 5.74) is 1.36. The Morgan fingerprint density at radius 1 is 1.25 bits per heavy atom. The summed E-state index contributed by atoms with van der Waals surface area (Å²) in [7, 11) is 0. The first-order chi connectivity index (χ1) is 9.88. The molecule has 5 nitrogen and oxygen atoms in total. The summed E-state index contributed by atoms with van der Waals surface area (Å²) in [6.45, 7) is 6.98. The Morgan fingerprint density at radius 3 is 2.90 bits per heavy atom. The molecule has 3 rings (SSSR count). The summed E-state index contributed by atoms with van der Waals surface area (Å²) in [5, 5.41) is 11.7. The monoisotopic (exact) mass is 271 g/mol. The van der Waals surface area contributed by atoms with Gasteiger partial charge in [0.05, 0.1) is 6.54 Å². The second kappa shape index (κ2) is 6.15. The zero-order valence-corrected chi connectivity index (χ0v) is 11.9. The Morgan fingerprint density at radius 2 is 2.10 bits per heavy atom. The zero-order valence-electron chi connectivity index (χ0n) is 11.9. The highest BCUT2D eigenvalue weighted by Crippen LogP contribution is 2.24. The van der Waals surface area contributed by atoms with Crippen LogP contribution in [0.1, 0.15) is 24.4 Å². The highest BCUT2D eigenvalue weighted by atomic mass is 15.3. The van der Waals surface area contributed by atoms with Crippen LogP contribution < -0.4 is 5.32 Å². The fraction of sp³-hybridized carbons (Fsp3) is 0.467. The fourth-order valence-electron chi connectivity index (χ4n) is 2.77. The lowest BCUT2D eigenvalue weighted by atomic mass is 10.0. The molecule has 0 spiro atoms. The van der Waals surface area contributed by atoms with E-state index in [2.05, 4.69) is 62.2 Å². The quantitative estimate of drug-likeness (QED) is 0.894. The molecule has 20 heavy (non-hydrogen) atoms. The number of aromatic nitrogens is 3. The van der Waals surface area contributed by atoms with Gasteiger partial charge in [-0.2, -0.15) is 0 Å². The molecule has 0 aliphatic carbocycles. The van der Waals surface area contributed by atoms with Crippen molar-refractivity contribution in [1.29, 1.82) is 0 Å². The van der Waals surface area contributed by atoms with Gasteiger partial charge >= 0.3 is 0 Å². The molecular formula is C15H21N5. The molecule has 0 saturated heterocycles. The van der Waals surface area contributed by atoms with E-state index in [1.54, 1.807) is 0 Å². The highest BCUT2D eigenvalue weighted by molar-refractivity contribution is 5.20. The fourth-order valence-corrected chi connectivity index (χ4v) is 2.77. The van der Waals surface area contributed by atoms with Gasteiger partial charge in [0.2, 0.25) is 0 Å². The molecule has 1 atom stereocenters. The number of hydrogen-bond acceptors (Lipinski definition) is 4. The maximum Gasteiger partial charge on any atom is 0.147 e. The molecule has 5 heteroatoms. The SMILES string of the molecule is CCNCC(c1ccccc1)N1CCn2cnnc2C1. The molecular weight excluding hydrogens is 250 g/mol. The topological polar surface area (TPSA) is 46.0 Å². The predicted octanol–water partition coefficient (Wildman–Crippen LogP) is 1.44. The van der Waals surface area contributed by atoms with Crippen molar-refractivity contribution in [2.24, 2.45) is 0 Å². The second-order valence-electron chi connectivity index (χ2n) is 5.15. The van der Waals surface area contributed by atoms with E-state index >= 15 is 0 Å². The minimum Gasteiger partial charge on any atom is -0.315 e. The van der Waals surface area contributed by atoms with Crippen LogP contribution >= 0.6 is 0 Å². The lowest BCUT2D eigenvalue weighted by Gasteiger charge is -2.34. The number of fused-ring (bicyclic) bond motifs is 1. The first kappa shape index (κ1) is 13.3. The van der Waals surface area contributed by atoms with Crippen molar-refractivity contribution in [3.8, 4) is 0 Å².